The number of aryl methyl sites for hydroxylation is 1. The minimum atomic E-state index is 0.718. The normalized spacial score (nSPS) is 13.2. The van der Waals surface area contributed by atoms with Gasteiger partial charge in [-0.25, -0.2) is 9.97 Å². The summed E-state index contributed by atoms with van der Waals surface area (Å²) in [5.74, 6) is 0.718. The van der Waals surface area contributed by atoms with Gasteiger partial charge in [0, 0.05) is 19.0 Å². The smallest absolute Gasteiger partial charge is 0.222 e. The Kier molecular flexibility index (Phi) is 1.57. The molecule has 0 spiro atoms. The second-order valence-electron chi connectivity index (χ2n) is 2.85. The van der Waals surface area contributed by atoms with Crippen molar-refractivity contribution in [3.63, 3.8) is 0 Å². The van der Waals surface area contributed by atoms with E-state index in [4.69, 9.17) is 0 Å². The predicted molar refractivity (Wildman–Crippen MR) is 49.1 cm³/mol. The maximum Gasteiger partial charge on any atom is 0.222 e. The SMILES string of the molecule is CNc1nc(C)c2c(n1)CC=C2. The van der Waals surface area contributed by atoms with E-state index < -0.39 is 0 Å². The van der Waals surface area contributed by atoms with E-state index in [1.807, 2.05) is 14.0 Å². The molecular formula is C9H11N3. The summed E-state index contributed by atoms with van der Waals surface area (Å²) in [5.41, 5.74) is 3.37. The molecule has 1 aromatic rings. The van der Waals surface area contributed by atoms with E-state index in [0.717, 1.165) is 23.8 Å². The fourth-order valence-corrected chi connectivity index (χ4v) is 1.41. The van der Waals surface area contributed by atoms with Crippen molar-refractivity contribution >= 4 is 12.0 Å². The lowest BCUT2D eigenvalue weighted by atomic mass is 10.2. The number of hydrogen-bond acceptors (Lipinski definition) is 3. The molecule has 2 rings (SSSR count). The number of anilines is 1. The Bertz CT molecular complexity index is 342. The largest absolute Gasteiger partial charge is 0.357 e. The van der Waals surface area contributed by atoms with Crippen molar-refractivity contribution in [3.8, 4) is 0 Å². The molecule has 0 saturated heterocycles. The summed E-state index contributed by atoms with van der Waals surface area (Å²) >= 11 is 0. The van der Waals surface area contributed by atoms with E-state index in [1.54, 1.807) is 0 Å². The molecule has 0 unspecified atom stereocenters. The van der Waals surface area contributed by atoms with Gasteiger partial charge in [-0.3, -0.25) is 0 Å². The van der Waals surface area contributed by atoms with Crippen molar-refractivity contribution in [2.24, 2.45) is 0 Å². The van der Waals surface area contributed by atoms with E-state index in [2.05, 4.69) is 27.4 Å². The molecule has 0 fully saturated rings. The molecular weight excluding hydrogens is 150 g/mol. The average molecular weight is 161 g/mol. The molecule has 0 radical (unpaired) electrons. The number of nitrogens with one attached hydrogen (secondary N) is 1. The van der Waals surface area contributed by atoms with Crippen LogP contribution in [-0.2, 0) is 6.42 Å². The third kappa shape index (κ3) is 0.978. The van der Waals surface area contributed by atoms with Crippen LogP contribution < -0.4 is 5.32 Å². The lowest BCUT2D eigenvalue weighted by molar-refractivity contribution is 1.02. The van der Waals surface area contributed by atoms with Crippen LogP contribution in [0.5, 0.6) is 0 Å². The van der Waals surface area contributed by atoms with Crippen molar-refractivity contribution in [1.82, 2.24) is 9.97 Å². The molecule has 0 aromatic carbocycles. The van der Waals surface area contributed by atoms with Crippen LogP contribution in [0.4, 0.5) is 5.95 Å². The number of rotatable bonds is 1. The molecule has 12 heavy (non-hydrogen) atoms. The van der Waals surface area contributed by atoms with E-state index in [-0.39, 0.29) is 0 Å². The lowest BCUT2D eigenvalue weighted by Crippen LogP contribution is -2.02. The van der Waals surface area contributed by atoms with Gasteiger partial charge in [0.15, 0.2) is 0 Å². The van der Waals surface area contributed by atoms with Crippen LogP contribution in [0.2, 0.25) is 0 Å². The van der Waals surface area contributed by atoms with Crippen LogP contribution in [0.3, 0.4) is 0 Å². The number of fused-ring (bicyclic) bond motifs is 1. The molecule has 3 nitrogen and oxygen atoms in total. The lowest BCUT2D eigenvalue weighted by Gasteiger charge is -2.04. The highest BCUT2D eigenvalue weighted by molar-refractivity contribution is 5.60. The Labute approximate surface area is 71.5 Å². The second kappa shape index (κ2) is 2.59. The quantitative estimate of drug-likeness (QED) is 0.676. The molecule has 1 heterocycles. The van der Waals surface area contributed by atoms with Gasteiger partial charge in [-0.15, -0.1) is 0 Å². The van der Waals surface area contributed by atoms with Gasteiger partial charge >= 0.3 is 0 Å². The van der Waals surface area contributed by atoms with Crippen LogP contribution in [0.15, 0.2) is 6.08 Å². The first-order valence-electron chi connectivity index (χ1n) is 4.03. The number of aromatic nitrogens is 2. The zero-order valence-electron chi connectivity index (χ0n) is 7.26. The summed E-state index contributed by atoms with van der Waals surface area (Å²) in [6.07, 6.45) is 5.14. The minimum absolute atomic E-state index is 0.718. The van der Waals surface area contributed by atoms with Crippen LogP contribution in [0.25, 0.3) is 6.08 Å². The van der Waals surface area contributed by atoms with Crippen molar-refractivity contribution in [2.45, 2.75) is 13.3 Å². The first-order chi connectivity index (χ1) is 5.81. The van der Waals surface area contributed by atoms with Gasteiger partial charge in [0.1, 0.15) is 0 Å². The molecule has 1 aliphatic rings. The fourth-order valence-electron chi connectivity index (χ4n) is 1.41. The third-order valence-electron chi connectivity index (χ3n) is 2.03. The Balaban J connectivity index is 2.56. The second-order valence-corrected chi connectivity index (χ2v) is 2.85. The van der Waals surface area contributed by atoms with E-state index in [1.165, 1.54) is 5.56 Å². The van der Waals surface area contributed by atoms with Crippen molar-refractivity contribution < 1.29 is 0 Å². The van der Waals surface area contributed by atoms with Crippen molar-refractivity contribution in [2.75, 3.05) is 12.4 Å². The molecule has 0 amide bonds. The van der Waals surface area contributed by atoms with Crippen LogP contribution in [0.1, 0.15) is 17.0 Å². The Morgan fingerprint density at radius 1 is 1.42 bits per heavy atom. The third-order valence-corrected chi connectivity index (χ3v) is 2.03. The Morgan fingerprint density at radius 2 is 2.25 bits per heavy atom. The van der Waals surface area contributed by atoms with E-state index in [9.17, 15) is 0 Å². The topological polar surface area (TPSA) is 37.8 Å². The highest BCUT2D eigenvalue weighted by Crippen LogP contribution is 2.20. The van der Waals surface area contributed by atoms with Gasteiger partial charge in [-0.05, 0) is 6.92 Å². The van der Waals surface area contributed by atoms with Gasteiger partial charge in [0.2, 0.25) is 5.95 Å². The van der Waals surface area contributed by atoms with Crippen LogP contribution in [0, 0.1) is 6.92 Å². The summed E-state index contributed by atoms with van der Waals surface area (Å²) in [5, 5.41) is 2.95. The molecule has 0 saturated carbocycles. The highest BCUT2D eigenvalue weighted by Gasteiger charge is 2.11. The van der Waals surface area contributed by atoms with Crippen LogP contribution >= 0.6 is 0 Å². The molecule has 1 N–H and O–H groups in total. The number of allylic oxidation sites excluding steroid dienone is 1. The predicted octanol–water partition coefficient (Wildman–Crippen LogP) is 1.40. The van der Waals surface area contributed by atoms with Crippen molar-refractivity contribution in [3.05, 3.63) is 23.0 Å². The van der Waals surface area contributed by atoms with Gasteiger partial charge in [-0.2, -0.15) is 0 Å². The molecule has 0 bridgehead atoms. The molecule has 1 aromatic heterocycles. The van der Waals surface area contributed by atoms with Crippen molar-refractivity contribution in [1.29, 1.82) is 0 Å². The average Bonchev–Trinajstić information content (AvgIpc) is 2.52. The Morgan fingerprint density at radius 3 is 3.00 bits per heavy atom. The summed E-state index contributed by atoms with van der Waals surface area (Å²) in [6, 6.07) is 0. The first-order valence-corrected chi connectivity index (χ1v) is 4.03. The first kappa shape index (κ1) is 7.28. The minimum Gasteiger partial charge on any atom is -0.357 e. The number of nitrogens with zero attached hydrogens (tertiary/aromatic N) is 2. The molecule has 1 aliphatic carbocycles. The Hall–Kier alpha value is -1.38. The van der Waals surface area contributed by atoms with Crippen LogP contribution in [-0.4, -0.2) is 17.0 Å². The molecule has 0 aliphatic heterocycles. The molecule has 0 atom stereocenters. The van der Waals surface area contributed by atoms with E-state index >= 15 is 0 Å². The van der Waals surface area contributed by atoms with E-state index in [0.29, 0.717) is 0 Å². The summed E-state index contributed by atoms with van der Waals surface area (Å²) in [4.78, 5) is 8.64. The molecule has 3 heteroatoms. The maximum atomic E-state index is 4.35. The van der Waals surface area contributed by atoms with Gasteiger partial charge in [-0.1, -0.05) is 12.2 Å². The number of hydrogen-bond donors (Lipinski definition) is 1. The standard InChI is InChI=1S/C9H11N3/c1-6-7-4-3-5-8(7)12-9(10-2)11-6/h3-4H,5H2,1-2H3,(H,10,11,12). The fraction of sp³-hybridized carbons (Fsp3) is 0.333. The molecule has 62 valence electrons. The monoisotopic (exact) mass is 161 g/mol. The highest BCUT2D eigenvalue weighted by atomic mass is 15.1. The van der Waals surface area contributed by atoms with Gasteiger partial charge in [0.05, 0.1) is 11.4 Å². The van der Waals surface area contributed by atoms with Gasteiger partial charge < -0.3 is 5.32 Å². The maximum absolute atomic E-state index is 4.35. The summed E-state index contributed by atoms with van der Waals surface area (Å²) < 4.78 is 0. The summed E-state index contributed by atoms with van der Waals surface area (Å²) in [7, 11) is 1.84. The zero-order valence-corrected chi connectivity index (χ0v) is 7.26. The summed E-state index contributed by atoms with van der Waals surface area (Å²) in [6.45, 7) is 2.01. The zero-order chi connectivity index (χ0) is 8.55. The van der Waals surface area contributed by atoms with Gasteiger partial charge in [0.25, 0.3) is 0 Å².